The Labute approximate surface area is 126 Å². The second kappa shape index (κ2) is 6.72. The van der Waals surface area contributed by atoms with Gasteiger partial charge in [0, 0.05) is 25.3 Å². The van der Waals surface area contributed by atoms with Crippen molar-refractivity contribution in [1.29, 1.82) is 0 Å². The molecule has 0 spiro atoms. The highest BCUT2D eigenvalue weighted by molar-refractivity contribution is 5.54. The smallest absolute Gasteiger partial charge is 0.123 e. The van der Waals surface area contributed by atoms with Gasteiger partial charge in [0.05, 0.1) is 0 Å². The molecule has 0 radical (unpaired) electrons. The van der Waals surface area contributed by atoms with E-state index in [1.54, 1.807) is 6.07 Å². The van der Waals surface area contributed by atoms with E-state index in [4.69, 9.17) is 5.73 Å². The van der Waals surface area contributed by atoms with Gasteiger partial charge in [0.25, 0.3) is 0 Å². The van der Waals surface area contributed by atoms with Crippen molar-refractivity contribution in [3.05, 3.63) is 65.0 Å². The van der Waals surface area contributed by atoms with Crippen LogP contribution >= 0.6 is 0 Å². The molecular weight excluding hydrogens is 263 g/mol. The van der Waals surface area contributed by atoms with Crippen molar-refractivity contribution in [3.8, 4) is 0 Å². The van der Waals surface area contributed by atoms with Crippen LogP contribution in [0.4, 0.5) is 10.1 Å². The maximum Gasteiger partial charge on any atom is 0.123 e. The molecule has 2 rings (SSSR count). The predicted octanol–water partition coefficient (Wildman–Crippen LogP) is 3.66. The third-order valence-electron chi connectivity index (χ3n) is 3.50. The van der Waals surface area contributed by atoms with E-state index in [-0.39, 0.29) is 11.9 Å². The minimum Gasteiger partial charge on any atom is -0.370 e. The molecule has 0 saturated carbocycles. The lowest BCUT2D eigenvalue weighted by Crippen LogP contribution is -2.22. The van der Waals surface area contributed by atoms with E-state index in [0.29, 0.717) is 6.42 Å². The summed E-state index contributed by atoms with van der Waals surface area (Å²) in [5, 5.41) is 0. The topological polar surface area (TPSA) is 29.3 Å². The molecule has 0 heterocycles. The molecule has 1 unspecified atom stereocenters. The lowest BCUT2D eigenvalue weighted by Gasteiger charge is -2.23. The number of halogens is 1. The van der Waals surface area contributed by atoms with Crippen LogP contribution in [0.5, 0.6) is 0 Å². The minimum atomic E-state index is -0.210. The van der Waals surface area contributed by atoms with Gasteiger partial charge in [-0.2, -0.15) is 0 Å². The molecule has 3 heteroatoms. The molecular formula is C18H23FN2. The van der Waals surface area contributed by atoms with Gasteiger partial charge in [-0.1, -0.05) is 29.8 Å². The fourth-order valence-electron chi connectivity index (χ4n) is 2.61. The minimum absolute atomic E-state index is 0.0120. The molecule has 2 aromatic rings. The maximum atomic E-state index is 13.5. The zero-order valence-corrected chi connectivity index (χ0v) is 12.9. The lowest BCUT2D eigenvalue weighted by atomic mass is 10.0. The second-order valence-corrected chi connectivity index (χ2v) is 5.80. The highest BCUT2D eigenvalue weighted by atomic mass is 19.1. The van der Waals surface area contributed by atoms with E-state index in [1.807, 2.05) is 20.0 Å². The molecule has 0 amide bonds. The molecule has 1 atom stereocenters. The lowest BCUT2D eigenvalue weighted by molar-refractivity contribution is 0.622. The molecule has 2 aromatic carbocycles. The van der Waals surface area contributed by atoms with Crippen molar-refractivity contribution in [3.63, 3.8) is 0 Å². The highest BCUT2D eigenvalue weighted by Gasteiger charge is 2.11. The summed E-state index contributed by atoms with van der Waals surface area (Å²) in [6, 6.07) is 13.4. The summed E-state index contributed by atoms with van der Waals surface area (Å²) in [5.74, 6) is -0.210. The van der Waals surface area contributed by atoms with Crippen molar-refractivity contribution >= 4 is 5.69 Å². The number of benzene rings is 2. The van der Waals surface area contributed by atoms with Crippen LogP contribution in [0.15, 0.2) is 42.5 Å². The molecule has 2 nitrogen and oxygen atoms in total. The Morgan fingerprint density at radius 3 is 2.62 bits per heavy atom. The summed E-state index contributed by atoms with van der Waals surface area (Å²) in [4.78, 5) is 2.14. The quantitative estimate of drug-likeness (QED) is 0.909. The van der Waals surface area contributed by atoms with Gasteiger partial charge in [-0.25, -0.2) is 4.39 Å². The summed E-state index contributed by atoms with van der Waals surface area (Å²) in [5.41, 5.74) is 10.4. The molecule has 112 valence electrons. The number of anilines is 1. The Bertz CT molecular complexity index is 608. The Morgan fingerprint density at radius 2 is 1.95 bits per heavy atom. The van der Waals surface area contributed by atoms with Gasteiger partial charge in [0.15, 0.2) is 0 Å². The first-order valence-corrected chi connectivity index (χ1v) is 7.26. The third-order valence-corrected chi connectivity index (χ3v) is 3.50. The first-order valence-electron chi connectivity index (χ1n) is 7.26. The van der Waals surface area contributed by atoms with Gasteiger partial charge in [-0.05, 0) is 49.6 Å². The molecule has 21 heavy (non-hydrogen) atoms. The van der Waals surface area contributed by atoms with Crippen molar-refractivity contribution in [1.82, 2.24) is 0 Å². The van der Waals surface area contributed by atoms with Gasteiger partial charge in [-0.3, -0.25) is 0 Å². The van der Waals surface area contributed by atoms with Crippen LogP contribution in [-0.4, -0.2) is 13.1 Å². The van der Waals surface area contributed by atoms with E-state index in [0.717, 1.165) is 17.8 Å². The average Bonchev–Trinajstić information content (AvgIpc) is 2.37. The van der Waals surface area contributed by atoms with Crippen LogP contribution in [0, 0.1) is 12.7 Å². The zero-order valence-electron chi connectivity index (χ0n) is 12.9. The van der Waals surface area contributed by atoms with E-state index in [9.17, 15) is 4.39 Å². The molecule has 0 aromatic heterocycles. The Balaban J connectivity index is 2.23. The van der Waals surface area contributed by atoms with Crippen LogP contribution in [0.1, 0.15) is 23.6 Å². The molecule has 2 N–H and O–H groups in total. The number of rotatable bonds is 5. The number of aryl methyl sites for hydroxylation is 1. The van der Waals surface area contributed by atoms with Gasteiger partial charge in [0.1, 0.15) is 5.82 Å². The van der Waals surface area contributed by atoms with E-state index < -0.39 is 0 Å². The summed E-state index contributed by atoms with van der Waals surface area (Å²) in [6.07, 6.45) is 0.672. The third kappa shape index (κ3) is 4.30. The molecule has 0 bridgehead atoms. The van der Waals surface area contributed by atoms with Crippen LogP contribution in [0.25, 0.3) is 0 Å². The average molecular weight is 286 g/mol. The first kappa shape index (κ1) is 15.5. The second-order valence-electron chi connectivity index (χ2n) is 5.80. The summed E-state index contributed by atoms with van der Waals surface area (Å²) in [7, 11) is 2.03. The van der Waals surface area contributed by atoms with Gasteiger partial charge < -0.3 is 10.6 Å². The molecule has 0 fully saturated rings. The molecule has 0 aliphatic carbocycles. The molecule has 0 aliphatic heterocycles. The van der Waals surface area contributed by atoms with Crippen molar-refractivity contribution in [2.45, 2.75) is 32.9 Å². The number of hydrogen-bond acceptors (Lipinski definition) is 2. The SMILES string of the molecule is Cc1cccc(CN(C)c2ccc(F)cc2CC(C)N)c1. The van der Waals surface area contributed by atoms with E-state index >= 15 is 0 Å². The van der Waals surface area contributed by atoms with Crippen LogP contribution in [-0.2, 0) is 13.0 Å². The van der Waals surface area contributed by atoms with E-state index in [1.165, 1.54) is 17.2 Å². The number of hydrogen-bond donors (Lipinski definition) is 1. The molecule has 0 aliphatic rings. The van der Waals surface area contributed by atoms with Gasteiger partial charge in [0.2, 0.25) is 0 Å². The maximum absolute atomic E-state index is 13.5. The highest BCUT2D eigenvalue weighted by Crippen LogP contribution is 2.23. The number of nitrogens with zero attached hydrogens (tertiary/aromatic N) is 1. The van der Waals surface area contributed by atoms with Crippen molar-refractivity contribution in [2.24, 2.45) is 5.73 Å². The van der Waals surface area contributed by atoms with Gasteiger partial charge >= 0.3 is 0 Å². The predicted molar refractivity (Wildman–Crippen MR) is 87.0 cm³/mol. The Kier molecular flexibility index (Phi) is 4.97. The van der Waals surface area contributed by atoms with Crippen LogP contribution in [0.2, 0.25) is 0 Å². The van der Waals surface area contributed by atoms with Crippen LogP contribution < -0.4 is 10.6 Å². The van der Waals surface area contributed by atoms with E-state index in [2.05, 4.69) is 36.1 Å². The molecule has 0 saturated heterocycles. The van der Waals surface area contributed by atoms with Crippen molar-refractivity contribution < 1.29 is 4.39 Å². The van der Waals surface area contributed by atoms with Crippen LogP contribution in [0.3, 0.4) is 0 Å². The van der Waals surface area contributed by atoms with Gasteiger partial charge in [-0.15, -0.1) is 0 Å². The monoisotopic (exact) mass is 286 g/mol. The summed E-state index contributed by atoms with van der Waals surface area (Å²) >= 11 is 0. The fourth-order valence-corrected chi connectivity index (χ4v) is 2.61. The Hall–Kier alpha value is -1.87. The summed E-state index contributed by atoms with van der Waals surface area (Å²) < 4.78 is 13.5. The number of nitrogens with two attached hydrogens (primary N) is 1. The van der Waals surface area contributed by atoms with Crippen molar-refractivity contribution in [2.75, 3.05) is 11.9 Å². The summed E-state index contributed by atoms with van der Waals surface area (Å²) in [6.45, 7) is 4.82. The largest absolute Gasteiger partial charge is 0.370 e. The fraction of sp³-hybridized carbons (Fsp3) is 0.333. The zero-order chi connectivity index (χ0) is 15.4. The standard InChI is InChI=1S/C18H23FN2/c1-13-5-4-6-15(9-13)12-21(3)18-8-7-17(19)11-16(18)10-14(2)20/h4-9,11,14H,10,12,20H2,1-3H3. The normalized spacial score (nSPS) is 12.2. The Morgan fingerprint density at radius 1 is 1.19 bits per heavy atom. The first-order chi connectivity index (χ1) is 9.95.